The fourth-order valence-corrected chi connectivity index (χ4v) is 23.8. The molecule has 0 bridgehead atoms. The first kappa shape index (κ1) is 79.0. The quantitative estimate of drug-likeness (QED) is 0.122. The molecule has 30 rings (SSSR count). The summed E-state index contributed by atoms with van der Waals surface area (Å²) < 4.78 is 9.70. The van der Waals surface area contributed by atoms with Crippen LogP contribution in [0.4, 0.5) is 0 Å². The van der Waals surface area contributed by atoms with Gasteiger partial charge in [-0.25, -0.2) is 0 Å². The van der Waals surface area contributed by atoms with Gasteiger partial charge < -0.3 is 18.3 Å². The lowest BCUT2D eigenvalue weighted by Gasteiger charge is -2.18. The van der Waals surface area contributed by atoms with Crippen molar-refractivity contribution in [3.8, 4) is 89.5 Å². The van der Waals surface area contributed by atoms with E-state index in [1.807, 2.05) is 0 Å². The molecule has 0 aliphatic rings. The number of hydrogen-bond donors (Lipinski definition) is 0. The predicted octanol–water partition coefficient (Wildman–Crippen LogP) is 37.3. The van der Waals surface area contributed by atoms with Crippen LogP contribution in [0.15, 0.2) is 510 Å². The van der Waals surface area contributed by atoms with Crippen LogP contribution in [0.1, 0.15) is 0 Å². The molecule has 0 amide bonds. The van der Waals surface area contributed by atoms with Crippen molar-refractivity contribution in [2.45, 2.75) is 0 Å². The number of rotatable bonds is 10. The Labute approximate surface area is 806 Å². The number of nitrogens with zero attached hydrogens (tertiary/aromatic N) is 4. The van der Waals surface area contributed by atoms with E-state index in [1.54, 1.807) is 0 Å². The second-order valence-electron chi connectivity index (χ2n) is 37.6. The van der Waals surface area contributed by atoms with Crippen LogP contribution in [-0.2, 0) is 0 Å². The molecule has 648 valence electrons. The van der Waals surface area contributed by atoms with Gasteiger partial charge in [-0.05, 0) is 308 Å². The first-order valence-corrected chi connectivity index (χ1v) is 48.5. The minimum Gasteiger partial charge on any atom is -0.309 e. The SMILES string of the molecule is c1ccc(-c2ccc(-n3c4ccccc4c4cc(-c5ccc6c(c5)c5ccccc5n6-c5ccc(-c6cc7c8ccccc8c8ccccc8c7c7c6ccc6ccccc67)cc5)ccc43)cc2)cc1.c1ccc(-c2ccc(-n3c4ccccc4c4cc(-c5ccc6c(c5)c5ccccc5n6-c5cccc(-c6cc7c8ccccc8c8ccccc8c7c7c6ccc6ccccc67)c5)ccc43)cc2)cc1. The molecule has 0 saturated heterocycles. The minimum absolute atomic E-state index is 1.14. The van der Waals surface area contributed by atoms with Crippen molar-refractivity contribution in [2.24, 2.45) is 0 Å². The number of benzene rings is 26. The van der Waals surface area contributed by atoms with Gasteiger partial charge in [0.25, 0.3) is 0 Å². The van der Waals surface area contributed by atoms with E-state index in [0.29, 0.717) is 0 Å². The molecule has 0 saturated carbocycles. The molecule has 26 aromatic carbocycles. The summed E-state index contributed by atoms with van der Waals surface area (Å²) in [5, 5.41) is 35.7. The van der Waals surface area contributed by atoms with Crippen LogP contribution in [0.5, 0.6) is 0 Å². The van der Waals surface area contributed by atoms with E-state index in [4.69, 9.17) is 0 Å². The van der Waals surface area contributed by atoms with E-state index in [1.165, 1.54) is 262 Å². The Morgan fingerprint density at radius 3 is 0.700 bits per heavy atom. The molecule has 4 nitrogen and oxygen atoms in total. The first-order chi connectivity index (χ1) is 69.5. The molecule has 140 heavy (non-hydrogen) atoms. The maximum Gasteiger partial charge on any atom is 0.0541 e. The average Bonchev–Trinajstić information content (AvgIpc) is 1.11. The molecule has 0 aliphatic heterocycles. The van der Waals surface area contributed by atoms with Gasteiger partial charge in [-0.1, -0.05) is 376 Å². The van der Waals surface area contributed by atoms with Gasteiger partial charge in [-0.15, -0.1) is 0 Å². The second kappa shape index (κ2) is 31.6. The number of aromatic nitrogens is 4. The molecule has 0 fully saturated rings. The van der Waals surface area contributed by atoms with Crippen LogP contribution in [-0.4, -0.2) is 18.3 Å². The zero-order valence-electron chi connectivity index (χ0n) is 76.3. The lowest BCUT2D eigenvalue weighted by molar-refractivity contribution is 1.18. The summed E-state index contributed by atoms with van der Waals surface area (Å²) >= 11 is 0. The van der Waals surface area contributed by atoms with E-state index in [9.17, 15) is 0 Å². The maximum atomic E-state index is 2.47. The van der Waals surface area contributed by atoms with E-state index < -0.39 is 0 Å². The van der Waals surface area contributed by atoms with Crippen molar-refractivity contribution in [3.05, 3.63) is 510 Å². The highest BCUT2D eigenvalue weighted by Gasteiger charge is 2.25. The summed E-state index contributed by atoms with van der Waals surface area (Å²) in [6.07, 6.45) is 0. The van der Waals surface area contributed by atoms with Crippen LogP contribution >= 0.6 is 0 Å². The highest BCUT2D eigenvalue weighted by molar-refractivity contribution is 6.39. The molecular weight excluding hydrogens is 1690 g/mol. The molecule has 0 radical (unpaired) electrons. The zero-order valence-corrected chi connectivity index (χ0v) is 76.3. The zero-order chi connectivity index (χ0) is 91.7. The van der Waals surface area contributed by atoms with Crippen LogP contribution < -0.4 is 0 Å². The van der Waals surface area contributed by atoms with Crippen LogP contribution in [0.2, 0.25) is 0 Å². The van der Waals surface area contributed by atoms with Crippen molar-refractivity contribution >= 4 is 195 Å². The summed E-state index contributed by atoms with van der Waals surface area (Å²) in [7, 11) is 0. The molecule has 0 unspecified atom stereocenters. The van der Waals surface area contributed by atoms with E-state index >= 15 is 0 Å². The second-order valence-corrected chi connectivity index (χ2v) is 37.6. The third-order valence-electron chi connectivity index (χ3n) is 30.1. The third kappa shape index (κ3) is 12.3. The Bertz CT molecular complexity index is 10400. The first-order valence-electron chi connectivity index (χ1n) is 48.5. The predicted molar refractivity (Wildman–Crippen MR) is 598 cm³/mol. The smallest absolute Gasteiger partial charge is 0.0541 e. The monoisotopic (exact) mass is 1770 g/mol. The third-order valence-corrected chi connectivity index (χ3v) is 30.1. The van der Waals surface area contributed by atoms with Gasteiger partial charge >= 0.3 is 0 Å². The van der Waals surface area contributed by atoms with Crippen molar-refractivity contribution in [3.63, 3.8) is 0 Å². The van der Waals surface area contributed by atoms with Gasteiger partial charge in [0.05, 0.1) is 44.1 Å². The van der Waals surface area contributed by atoms with Gasteiger partial charge in [0.1, 0.15) is 0 Å². The lowest BCUT2D eigenvalue weighted by atomic mass is 9.85. The molecule has 0 aliphatic carbocycles. The number of hydrogen-bond acceptors (Lipinski definition) is 0. The van der Waals surface area contributed by atoms with Gasteiger partial charge in [-0.3, -0.25) is 0 Å². The van der Waals surface area contributed by atoms with Gasteiger partial charge in [0.15, 0.2) is 0 Å². The Hall–Kier alpha value is -18.5. The van der Waals surface area contributed by atoms with E-state index in [2.05, 4.69) is 528 Å². The fraction of sp³-hybridized carbons (Fsp3) is 0. The molecule has 4 aromatic heterocycles. The fourth-order valence-electron chi connectivity index (χ4n) is 23.8. The van der Waals surface area contributed by atoms with E-state index in [-0.39, 0.29) is 0 Å². The molecule has 0 N–H and O–H groups in total. The van der Waals surface area contributed by atoms with Crippen LogP contribution in [0.25, 0.3) is 284 Å². The Morgan fingerprint density at radius 1 is 0.100 bits per heavy atom. The molecule has 0 spiro atoms. The number of para-hydroxylation sites is 4. The highest BCUT2D eigenvalue weighted by atomic mass is 15.0. The summed E-state index contributed by atoms with van der Waals surface area (Å²) in [6, 6.07) is 189. The highest BCUT2D eigenvalue weighted by Crippen LogP contribution is 2.51. The lowest BCUT2D eigenvalue weighted by Crippen LogP contribution is -1.95. The normalized spacial score (nSPS) is 12.0. The molecule has 4 heterocycles. The molecule has 30 aromatic rings. The van der Waals surface area contributed by atoms with E-state index in [0.717, 1.165) is 22.7 Å². The molecular formula is C136H84N4. The molecule has 0 atom stereocenters. The summed E-state index contributed by atoms with van der Waals surface area (Å²) in [6.45, 7) is 0. The molecule has 4 heteroatoms. The number of fused-ring (bicyclic) bond motifs is 32. The van der Waals surface area contributed by atoms with Gasteiger partial charge in [0.2, 0.25) is 0 Å². The van der Waals surface area contributed by atoms with Gasteiger partial charge in [-0.2, -0.15) is 0 Å². The summed E-state index contributed by atoms with van der Waals surface area (Å²) in [5.74, 6) is 0. The van der Waals surface area contributed by atoms with Crippen molar-refractivity contribution in [1.82, 2.24) is 18.3 Å². The largest absolute Gasteiger partial charge is 0.309 e. The van der Waals surface area contributed by atoms with Crippen LogP contribution in [0, 0.1) is 0 Å². The van der Waals surface area contributed by atoms with Crippen molar-refractivity contribution in [1.29, 1.82) is 0 Å². The topological polar surface area (TPSA) is 19.7 Å². The maximum absolute atomic E-state index is 2.47. The average molecular weight is 1770 g/mol. The van der Waals surface area contributed by atoms with Crippen molar-refractivity contribution in [2.75, 3.05) is 0 Å². The van der Waals surface area contributed by atoms with Crippen molar-refractivity contribution < 1.29 is 0 Å². The minimum atomic E-state index is 1.14. The summed E-state index contributed by atoms with van der Waals surface area (Å²) in [4.78, 5) is 0. The van der Waals surface area contributed by atoms with Gasteiger partial charge in [0, 0.05) is 65.8 Å². The Morgan fingerprint density at radius 2 is 0.343 bits per heavy atom. The van der Waals surface area contributed by atoms with Crippen LogP contribution in [0.3, 0.4) is 0 Å². The Kier molecular flexibility index (Phi) is 17.8. The summed E-state index contributed by atoms with van der Waals surface area (Å²) in [5.41, 5.74) is 28.7. The Balaban J connectivity index is 0.000000134. The standard InChI is InChI=1S/2C68H42N2/c1-2-15-43(16-3-1)44-29-34-49(35-30-44)69-63-27-12-10-24-55(63)60-40-46(32-37-65(60)69)47-33-38-66-61(41-47)56-25-11-13-28-64(56)70(66)50-19-14-18-48(39-50)59-42-62-54-23-7-6-21-52(54)53-22-8-9-26-57(53)68(62)67-51-20-5-4-17-45(51)31-36-58(59)67;1-2-14-43(15-3-1)44-26-33-49(34-27-44)69-63-24-12-10-21-55(63)60-40-47(31-38-65(60)69)48-32-39-66-61(41-48)56-22-11-13-25-64(56)70(66)50-35-28-46(29-36-50)59-42-62-54-20-7-6-18-52(54)53-19-8-9-23-57(53)68(62)67-51-17-5-4-16-45(51)30-37-58(59)67/h2*1-42H.